The lowest BCUT2D eigenvalue weighted by Crippen LogP contribution is -2.48. The number of benzene rings is 1. The monoisotopic (exact) mass is 327 g/mol. The molecule has 128 valence electrons. The minimum Gasteiger partial charge on any atom is -0.494 e. The van der Waals surface area contributed by atoms with Crippen molar-refractivity contribution in [1.29, 1.82) is 5.26 Å². The van der Waals surface area contributed by atoms with E-state index >= 15 is 0 Å². The summed E-state index contributed by atoms with van der Waals surface area (Å²) in [4.78, 5) is 14.6. The first-order valence-corrected chi connectivity index (χ1v) is 8.91. The van der Waals surface area contributed by atoms with Gasteiger partial charge < -0.3 is 15.0 Å². The number of likely N-dealkylation sites (tertiary alicyclic amines) is 1. The van der Waals surface area contributed by atoms with Crippen LogP contribution in [0, 0.1) is 11.3 Å². The van der Waals surface area contributed by atoms with Crippen molar-refractivity contribution in [1.82, 2.24) is 10.2 Å². The van der Waals surface area contributed by atoms with Gasteiger partial charge >= 0.3 is 0 Å². The second-order valence-corrected chi connectivity index (χ2v) is 6.56. The molecule has 0 aromatic heterocycles. The van der Waals surface area contributed by atoms with E-state index in [2.05, 4.69) is 30.4 Å². The predicted octanol–water partition coefficient (Wildman–Crippen LogP) is 2.05. The molecule has 2 aliphatic rings. The van der Waals surface area contributed by atoms with Crippen molar-refractivity contribution in [2.45, 2.75) is 51.1 Å². The maximum Gasteiger partial charge on any atom is 0.241 e. The summed E-state index contributed by atoms with van der Waals surface area (Å²) in [5.41, 5.74) is 2.46. The third-order valence-electron chi connectivity index (χ3n) is 4.84. The fourth-order valence-electron chi connectivity index (χ4n) is 3.56. The number of carbonyl (C=O) groups excluding carboxylic acids is 1. The third kappa shape index (κ3) is 3.54. The molecule has 1 N–H and O–H groups in total. The highest BCUT2D eigenvalue weighted by molar-refractivity contribution is 5.83. The fourth-order valence-corrected chi connectivity index (χ4v) is 3.56. The Hall–Kier alpha value is -2.06. The number of nitrogens with one attached hydrogen (secondary N) is 1. The number of hydrogen-bond acceptors (Lipinski definition) is 4. The summed E-state index contributed by atoms with van der Waals surface area (Å²) >= 11 is 0. The van der Waals surface area contributed by atoms with Gasteiger partial charge in [-0.1, -0.05) is 13.0 Å². The topological polar surface area (TPSA) is 65.4 Å². The summed E-state index contributed by atoms with van der Waals surface area (Å²) < 4.78 is 5.71. The molecule has 1 aromatic carbocycles. The van der Waals surface area contributed by atoms with Gasteiger partial charge in [0, 0.05) is 6.54 Å². The number of carbonyl (C=O) groups is 1. The molecule has 2 heterocycles. The quantitative estimate of drug-likeness (QED) is 0.919. The van der Waals surface area contributed by atoms with E-state index in [4.69, 9.17) is 4.74 Å². The maximum absolute atomic E-state index is 12.8. The van der Waals surface area contributed by atoms with Crippen molar-refractivity contribution in [2.75, 3.05) is 19.7 Å². The van der Waals surface area contributed by atoms with Gasteiger partial charge in [-0.05, 0) is 61.9 Å². The molecule has 5 heteroatoms. The number of amides is 1. The van der Waals surface area contributed by atoms with E-state index in [1.165, 1.54) is 11.1 Å². The SMILES string of the molecule is CCCOc1ccc2c(c1)CCN[C@H](C(=O)N1CCC[C@H]1C#N)C2. The summed E-state index contributed by atoms with van der Waals surface area (Å²) in [6, 6.07) is 7.95. The first kappa shape index (κ1) is 16.8. The first-order valence-electron chi connectivity index (χ1n) is 8.91. The van der Waals surface area contributed by atoms with Crippen molar-refractivity contribution in [2.24, 2.45) is 0 Å². The molecule has 5 nitrogen and oxygen atoms in total. The summed E-state index contributed by atoms with van der Waals surface area (Å²) in [6.07, 6.45) is 4.28. The van der Waals surface area contributed by atoms with E-state index in [-0.39, 0.29) is 18.0 Å². The van der Waals surface area contributed by atoms with Gasteiger partial charge in [-0.3, -0.25) is 4.79 Å². The molecule has 0 unspecified atom stereocenters. The van der Waals surface area contributed by atoms with E-state index in [0.717, 1.165) is 44.6 Å². The van der Waals surface area contributed by atoms with Gasteiger partial charge in [0.05, 0.1) is 18.7 Å². The van der Waals surface area contributed by atoms with Gasteiger partial charge in [0.2, 0.25) is 5.91 Å². The molecule has 3 rings (SSSR count). The maximum atomic E-state index is 12.8. The minimum atomic E-state index is -0.258. The van der Waals surface area contributed by atoms with Crippen molar-refractivity contribution >= 4 is 5.91 Å². The van der Waals surface area contributed by atoms with Crippen LogP contribution in [0.3, 0.4) is 0 Å². The third-order valence-corrected chi connectivity index (χ3v) is 4.84. The van der Waals surface area contributed by atoms with Crippen molar-refractivity contribution in [3.05, 3.63) is 29.3 Å². The molecule has 2 atom stereocenters. The van der Waals surface area contributed by atoms with E-state index in [1.54, 1.807) is 4.90 Å². The molecular weight excluding hydrogens is 302 g/mol. The van der Waals surface area contributed by atoms with E-state index in [9.17, 15) is 10.1 Å². The van der Waals surface area contributed by atoms with Crippen molar-refractivity contribution in [3.8, 4) is 11.8 Å². The Morgan fingerprint density at radius 2 is 2.33 bits per heavy atom. The minimum absolute atomic E-state index is 0.0678. The van der Waals surface area contributed by atoms with Crippen LogP contribution in [0.15, 0.2) is 18.2 Å². The van der Waals surface area contributed by atoms with Crippen LogP contribution in [0.1, 0.15) is 37.3 Å². The Bertz CT molecular complexity index is 638. The lowest BCUT2D eigenvalue weighted by molar-refractivity contribution is -0.133. The lowest BCUT2D eigenvalue weighted by Gasteiger charge is -2.25. The molecule has 0 radical (unpaired) electrons. The van der Waals surface area contributed by atoms with Crippen LogP contribution < -0.4 is 10.1 Å². The van der Waals surface area contributed by atoms with Crippen molar-refractivity contribution < 1.29 is 9.53 Å². The average Bonchev–Trinajstić information content (AvgIpc) is 2.98. The lowest BCUT2D eigenvalue weighted by atomic mass is 9.99. The zero-order valence-corrected chi connectivity index (χ0v) is 14.3. The Morgan fingerprint density at radius 3 is 3.12 bits per heavy atom. The number of nitrogens with zero attached hydrogens (tertiary/aromatic N) is 2. The van der Waals surface area contributed by atoms with Gasteiger partial charge in [0.25, 0.3) is 0 Å². The number of rotatable bonds is 4. The molecule has 1 fully saturated rings. The highest BCUT2D eigenvalue weighted by atomic mass is 16.5. The Kier molecular flexibility index (Phi) is 5.37. The van der Waals surface area contributed by atoms with Gasteiger partial charge in [0.1, 0.15) is 11.8 Å². The largest absolute Gasteiger partial charge is 0.494 e. The molecular formula is C19H25N3O2. The molecule has 0 spiro atoms. The molecule has 1 saturated heterocycles. The van der Waals surface area contributed by atoms with Crippen molar-refractivity contribution in [3.63, 3.8) is 0 Å². The molecule has 0 bridgehead atoms. The van der Waals surface area contributed by atoms with Gasteiger partial charge in [-0.25, -0.2) is 0 Å². The second-order valence-electron chi connectivity index (χ2n) is 6.56. The van der Waals surface area contributed by atoms with Crippen LogP contribution in [0.5, 0.6) is 5.75 Å². The van der Waals surface area contributed by atoms with E-state index in [1.807, 2.05) is 6.07 Å². The molecule has 1 aromatic rings. The Balaban J connectivity index is 1.73. The summed E-state index contributed by atoms with van der Waals surface area (Å²) in [5.74, 6) is 0.975. The number of fused-ring (bicyclic) bond motifs is 1. The summed E-state index contributed by atoms with van der Waals surface area (Å²) in [7, 11) is 0. The normalized spacial score (nSPS) is 23.2. The van der Waals surface area contributed by atoms with Gasteiger partial charge in [0.15, 0.2) is 0 Å². The smallest absolute Gasteiger partial charge is 0.241 e. The number of ether oxygens (including phenoxy) is 1. The van der Waals surface area contributed by atoms with E-state index < -0.39 is 0 Å². The molecule has 0 saturated carbocycles. The highest BCUT2D eigenvalue weighted by Crippen LogP contribution is 2.24. The summed E-state index contributed by atoms with van der Waals surface area (Å²) in [5, 5.41) is 12.6. The zero-order valence-electron chi connectivity index (χ0n) is 14.3. The highest BCUT2D eigenvalue weighted by Gasteiger charge is 2.33. The van der Waals surface area contributed by atoms with Gasteiger partial charge in [-0.15, -0.1) is 0 Å². The second kappa shape index (κ2) is 7.67. The van der Waals surface area contributed by atoms with Crippen LogP contribution in [0.4, 0.5) is 0 Å². The standard InChI is InChI=1S/C19H25N3O2/c1-2-10-24-17-6-5-14-12-18(21-8-7-15(14)11-17)19(23)22-9-3-4-16(22)13-20/h5-6,11,16,18,21H,2-4,7-10,12H2,1H3/t16-,18-/m0/s1. The van der Waals surface area contributed by atoms with Crippen LogP contribution >= 0.6 is 0 Å². The van der Waals surface area contributed by atoms with Crippen LogP contribution in [0.25, 0.3) is 0 Å². The van der Waals surface area contributed by atoms with Crippen LogP contribution in [-0.4, -0.2) is 42.6 Å². The predicted molar refractivity (Wildman–Crippen MR) is 91.8 cm³/mol. The Labute approximate surface area is 143 Å². The average molecular weight is 327 g/mol. The Morgan fingerprint density at radius 1 is 1.46 bits per heavy atom. The number of nitriles is 1. The van der Waals surface area contributed by atoms with E-state index in [0.29, 0.717) is 13.0 Å². The molecule has 24 heavy (non-hydrogen) atoms. The van der Waals surface area contributed by atoms with Gasteiger partial charge in [-0.2, -0.15) is 5.26 Å². The van der Waals surface area contributed by atoms with Crippen LogP contribution in [0.2, 0.25) is 0 Å². The molecule has 0 aliphatic carbocycles. The molecule has 1 amide bonds. The first-order chi connectivity index (χ1) is 11.7. The molecule has 2 aliphatic heterocycles. The number of hydrogen-bond donors (Lipinski definition) is 1. The fraction of sp³-hybridized carbons (Fsp3) is 0.579. The zero-order chi connectivity index (χ0) is 16.9. The van der Waals surface area contributed by atoms with Crippen LogP contribution in [-0.2, 0) is 17.6 Å². The summed E-state index contributed by atoms with van der Waals surface area (Å²) in [6.45, 7) is 4.29.